The Balaban J connectivity index is 2.10. The molecule has 1 atom stereocenters. The monoisotopic (exact) mass is 345 g/mol. The van der Waals surface area contributed by atoms with Crippen molar-refractivity contribution < 1.29 is 23.0 Å². The maximum atomic E-state index is 12.6. The Labute approximate surface area is 136 Å². The van der Waals surface area contributed by atoms with Gasteiger partial charge in [0.15, 0.2) is 5.82 Å². The summed E-state index contributed by atoms with van der Waals surface area (Å²) >= 11 is 0. The molecule has 24 heavy (non-hydrogen) atoms. The van der Waals surface area contributed by atoms with Gasteiger partial charge in [-0.3, -0.25) is 4.90 Å². The predicted octanol–water partition coefficient (Wildman–Crippen LogP) is 1.12. The van der Waals surface area contributed by atoms with Crippen LogP contribution >= 0.6 is 0 Å². The van der Waals surface area contributed by atoms with Gasteiger partial charge in [0.2, 0.25) is 0 Å². The van der Waals surface area contributed by atoms with Crippen LogP contribution in [0.15, 0.2) is 24.3 Å². The Morgan fingerprint density at radius 1 is 1.29 bits per heavy atom. The number of aromatic nitrogens is 4. The molecule has 0 amide bonds. The molecule has 1 aromatic carbocycles. The third-order valence-electron chi connectivity index (χ3n) is 3.27. The minimum atomic E-state index is -4.39. The minimum Gasteiger partial charge on any atom is -0.389 e. The number of alkyl halides is 3. The number of methoxy groups -OCH3 is 1. The number of halogens is 3. The van der Waals surface area contributed by atoms with Gasteiger partial charge in [0.1, 0.15) is 0 Å². The summed E-state index contributed by atoms with van der Waals surface area (Å²) in [4.78, 5) is 1.79. The highest BCUT2D eigenvalue weighted by molar-refractivity contribution is 5.35. The van der Waals surface area contributed by atoms with E-state index in [9.17, 15) is 18.3 Å². The fraction of sp³-hybridized carbons (Fsp3) is 0.500. The first kappa shape index (κ1) is 18.3. The summed E-state index contributed by atoms with van der Waals surface area (Å²) in [5, 5.41) is 21.0. The quantitative estimate of drug-likeness (QED) is 0.810. The van der Waals surface area contributed by atoms with Gasteiger partial charge in [0, 0.05) is 13.7 Å². The van der Waals surface area contributed by atoms with Crippen molar-refractivity contribution in [3.63, 3.8) is 0 Å². The summed E-state index contributed by atoms with van der Waals surface area (Å²) in [6.07, 6.45) is -5.05. The Kier molecular flexibility index (Phi) is 5.86. The fourth-order valence-corrected chi connectivity index (χ4v) is 2.21. The molecule has 0 aliphatic carbocycles. The Bertz CT molecular complexity index is 645. The first-order chi connectivity index (χ1) is 11.3. The standard InChI is InChI=1S/C14H18F3N5O2/c1-21(7-12(23)9-24-2)8-13-18-19-20-22(13)11-5-3-10(4-6-11)14(15,16)17/h3-6,12,23H,7-9H2,1-2H3. The van der Waals surface area contributed by atoms with Gasteiger partial charge < -0.3 is 9.84 Å². The molecule has 1 N–H and O–H groups in total. The van der Waals surface area contributed by atoms with E-state index < -0.39 is 17.8 Å². The molecule has 1 unspecified atom stereocenters. The van der Waals surface area contributed by atoms with Crippen LogP contribution in [0.5, 0.6) is 0 Å². The summed E-state index contributed by atoms with van der Waals surface area (Å²) < 4.78 is 44.0. The average molecular weight is 345 g/mol. The Morgan fingerprint density at radius 2 is 1.96 bits per heavy atom. The van der Waals surface area contributed by atoms with E-state index in [0.29, 0.717) is 24.6 Å². The van der Waals surface area contributed by atoms with Crippen LogP contribution in [0, 0.1) is 0 Å². The molecule has 2 aromatic rings. The first-order valence-corrected chi connectivity index (χ1v) is 7.11. The van der Waals surface area contributed by atoms with E-state index in [-0.39, 0.29) is 6.61 Å². The van der Waals surface area contributed by atoms with Crippen molar-refractivity contribution >= 4 is 0 Å². The zero-order chi connectivity index (χ0) is 17.7. The first-order valence-electron chi connectivity index (χ1n) is 7.11. The van der Waals surface area contributed by atoms with E-state index in [0.717, 1.165) is 12.1 Å². The normalized spacial score (nSPS) is 13.5. The lowest BCUT2D eigenvalue weighted by Gasteiger charge is -2.19. The molecular weight excluding hydrogens is 327 g/mol. The molecule has 2 rings (SSSR count). The number of nitrogens with zero attached hydrogens (tertiary/aromatic N) is 5. The van der Waals surface area contributed by atoms with E-state index in [1.807, 2.05) is 0 Å². The highest BCUT2D eigenvalue weighted by Crippen LogP contribution is 2.29. The average Bonchev–Trinajstić information content (AvgIpc) is 2.94. The predicted molar refractivity (Wildman–Crippen MR) is 78.4 cm³/mol. The summed E-state index contributed by atoms with van der Waals surface area (Å²) in [6, 6.07) is 4.57. The third-order valence-corrected chi connectivity index (χ3v) is 3.27. The summed E-state index contributed by atoms with van der Waals surface area (Å²) in [5.41, 5.74) is -0.311. The van der Waals surface area contributed by atoms with Crippen LogP contribution in [0.3, 0.4) is 0 Å². The molecule has 0 fully saturated rings. The molecule has 0 aliphatic heterocycles. The zero-order valence-corrected chi connectivity index (χ0v) is 13.2. The van der Waals surface area contributed by atoms with Crippen molar-refractivity contribution in [2.24, 2.45) is 0 Å². The number of benzene rings is 1. The molecule has 1 aromatic heterocycles. The second-order valence-corrected chi connectivity index (χ2v) is 5.36. The molecule has 0 saturated heterocycles. The molecule has 0 saturated carbocycles. The lowest BCUT2D eigenvalue weighted by Crippen LogP contribution is -2.32. The van der Waals surface area contributed by atoms with E-state index >= 15 is 0 Å². The minimum absolute atomic E-state index is 0.203. The fourth-order valence-electron chi connectivity index (χ4n) is 2.21. The highest BCUT2D eigenvalue weighted by Gasteiger charge is 2.30. The van der Waals surface area contributed by atoms with E-state index in [1.54, 1.807) is 11.9 Å². The number of hydrogen-bond donors (Lipinski definition) is 1. The van der Waals surface area contributed by atoms with Crippen molar-refractivity contribution in [1.29, 1.82) is 0 Å². The molecule has 0 spiro atoms. The van der Waals surface area contributed by atoms with Gasteiger partial charge >= 0.3 is 6.18 Å². The van der Waals surface area contributed by atoms with Crippen molar-refractivity contribution in [1.82, 2.24) is 25.1 Å². The van der Waals surface area contributed by atoms with Crippen LogP contribution in [0.4, 0.5) is 13.2 Å². The van der Waals surface area contributed by atoms with Gasteiger partial charge in [-0.1, -0.05) is 0 Å². The van der Waals surface area contributed by atoms with Crippen LogP contribution in [0.25, 0.3) is 5.69 Å². The molecule has 10 heteroatoms. The molecule has 7 nitrogen and oxygen atoms in total. The summed E-state index contributed by atoms with van der Waals surface area (Å²) in [6.45, 7) is 0.858. The number of likely N-dealkylation sites (N-methyl/N-ethyl adjacent to an activating group) is 1. The van der Waals surface area contributed by atoms with Crippen LogP contribution in [-0.2, 0) is 17.5 Å². The molecule has 1 heterocycles. The van der Waals surface area contributed by atoms with E-state index in [1.165, 1.54) is 23.9 Å². The van der Waals surface area contributed by atoms with E-state index in [4.69, 9.17) is 4.74 Å². The van der Waals surface area contributed by atoms with Crippen LogP contribution < -0.4 is 0 Å². The van der Waals surface area contributed by atoms with Gasteiger partial charge in [-0.15, -0.1) is 5.10 Å². The van der Waals surface area contributed by atoms with Crippen molar-refractivity contribution in [2.45, 2.75) is 18.8 Å². The highest BCUT2D eigenvalue weighted by atomic mass is 19.4. The maximum Gasteiger partial charge on any atom is 0.416 e. The Hall–Kier alpha value is -2.04. The maximum absolute atomic E-state index is 12.6. The molecular formula is C14H18F3N5O2. The van der Waals surface area contributed by atoms with Crippen molar-refractivity contribution in [3.05, 3.63) is 35.7 Å². The van der Waals surface area contributed by atoms with Crippen molar-refractivity contribution in [3.8, 4) is 5.69 Å². The second kappa shape index (κ2) is 7.69. The number of aliphatic hydroxyl groups is 1. The molecule has 0 radical (unpaired) electrons. The van der Waals surface area contributed by atoms with Gasteiger partial charge in [-0.25, -0.2) is 0 Å². The van der Waals surface area contributed by atoms with Crippen LogP contribution in [0.2, 0.25) is 0 Å². The second-order valence-electron chi connectivity index (χ2n) is 5.36. The van der Waals surface area contributed by atoms with E-state index in [2.05, 4.69) is 15.5 Å². The molecule has 0 aliphatic rings. The Morgan fingerprint density at radius 3 is 2.54 bits per heavy atom. The number of ether oxygens (including phenoxy) is 1. The SMILES string of the molecule is COCC(O)CN(C)Cc1nnnn1-c1ccc(C(F)(F)F)cc1. The lowest BCUT2D eigenvalue weighted by atomic mass is 10.2. The molecule has 0 bridgehead atoms. The van der Waals surface area contributed by atoms with Gasteiger partial charge in [-0.05, 0) is 41.7 Å². The van der Waals surface area contributed by atoms with Gasteiger partial charge in [0.25, 0.3) is 0 Å². The smallest absolute Gasteiger partial charge is 0.389 e. The number of tetrazole rings is 1. The van der Waals surface area contributed by atoms with Crippen molar-refractivity contribution in [2.75, 3.05) is 27.3 Å². The van der Waals surface area contributed by atoms with Gasteiger partial charge in [0.05, 0.1) is 30.5 Å². The number of rotatable bonds is 7. The van der Waals surface area contributed by atoms with Crippen LogP contribution in [0.1, 0.15) is 11.4 Å². The molecule has 132 valence electrons. The lowest BCUT2D eigenvalue weighted by molar-refractivity contribution is -0.137. The zero-order valence-electron chi connectivity index (χ0n) is 13.2. The summed E-state index contributed by atoms with van der Waals surface area (Å²) in [7, 11) is 3.26. The topological polar surface area (TPSA) is 76.3 Å². The van der Waals surface area contributed by atoms with Crippen LogP contribution in [-0.4, -0.2) is 63.6 Å². The largest absolute Gasteiger partial charge is 0.416 e. The third kappa shape index (κ3) is 4.73. The van der Waals surface area contributed by atoms with Gasteiger partial charge in [-0.2, -0.15) is 17.9 Å². The number of aliphatic hydroxyl groups excluding tert-OH is 1. The summed E-state index contributed by atoms with van der Waals surface area (Å²) in [5.74, 6) is 0.446. The number of hydrogen-bond acceptors (Lipinski definition) is 6.